The summed E-state index contributed by atoms with van der Waals surface area (Å²) in [6.45, 7) is 5.13. The summed E-state index contributed by atoms with van der Waals surface area (Å²) in [5.41, 5.74) is 3.88. The number of guanidine groups is 1. The van der Waals surface area contributed by atoms with Crippen molar-refractivity contribution in [2.75, 3.05) is 13.6 Å². The smallest absolute Gasteiger partial charge is 0.191 e. The summed E-state index contributed by atoms with van der Waals surface area (Å²) >= 11 is 0. The second-order valence-corrected chi connectivity index (χ2v) is 5.91. The Labute approximate surface area is 145 Å². The molecule has 0 bridgehead atoms. The Balaban J connectivity index is 1.54. The minimum Gasteiger partial charge on any atom is -0.361 e. The van der Waals surface area contributed by atoms with Crippen molar-refractivity contribution in [3.8, 4) is 0 Å². The summed E-state index contributed by atoms with van der Waals surface area (Å²) in [5.74, 6) is 1.29. The van der Waals surface area contributed by atoms with Crippen LogP contribution in [0, 0.1) is 19.7 Å². The van der Waals surface area contributed by atoms with Crippen LogP contribution in [0.4, 0.5) is 4.39 Å². The molecule has 132 valence electrons. The number of aryl methyl sites for hydroxylation is 2. The van der Waals surface area contributed by atoms with E-state index in [0.29, 0.717) is 19.0 Å². The molecule has 0 fully saturated rings. The molecule has 3 rings (SSSR count). The van der Waals surface area contributed by atoms with Crippen LogP contribution in [0.15, 0.2) is 33.9 Å². The number of H-pyrrole nitrogens is 1. The Morgan fingerprint density at radius 3 is 2.88 bits per heavy atom. The zero-order valence-electron chi connectivity index (χ0n) is 14.6. The van der Waals surface area contributed by atoms with Crippen LogP contribution in [0.25, 0.3) is 10.9 Å². The molecule has 0 aliphatic rings. The van der Waals surface area contributed by atoms with E-state index in [9.17, 15) is 4.39 Å². The SMILES string of the molecule is CN=C(NCCc1c[nH]c2cc(F)ccc12)NCc1c(C)noc1C. The van der Waals surface area contributed by atoms with Crippen LogP contribution in [0.5, 0.6) is 0 Å². The third kappa shape index (κ3) is 3.81. The number of aliphatic imine (C=N–C) groups is 1. The molecule has 7 heteroatoms. The average molecular weight is 343 g/mol. The van der Waals surface area contributed by atoms with E-state index in [4.69, 9.17) is 4.52 Å². The Morgan fingerprint density at radius 2 is 2.16 bits per heavy atom. The third-order valence-corrected chi connectivity index (χ3v) is 4.25. The van der Waals surface area contributed by atoms with E-state index in [-0.39, 0.29) is 5.82 Å². The number of benzene rings is 1. The molecule has 0 atom stereocenters. The maximum atomic E-state index is 13.2. The first-order chi connectivity index (χ1) is 12.1. The van der Waals surface area contributed by atoms with E-state index in [1.54, 1.807) is 13.1 Å². The Kier molecular flexibility index (Phi) is 5.02. The maximum Gasteiger partial charge on any atom is 0.191 e. The zero-order valence-corrected chi connectivity index (χ0v) is 14.6. The van der Waals surface area contributed by atoms with Crippen LogP contribution in [-0.2, 0) is 13.0 Å². The quantitative estimate of drug-likeness (QED) is 0.492. The van der Waals surface area contributed by atoms with Gasteiger partial charge in [0.2, 0.25) is 0 Å². The minimum atomic E-state index is -0.233. The van der Waals surface area contributed by atoms with Gasteiger partial charge in [0, 0.05) is 42.8 Å². The number of nitrogens with one attached hydrogen (secondary N) is 3. The Bertz CT molecular complexity index is 877. The fourth-order valence-corrected chi connectivity index (χ4v) is 2.83. The monoisotopic (exact) mass is 343 g/mol. The second kappa shape index (κ2) is 7.38. The second-order valence-electron chi connectivity index (χ2n) is 5.91. The number of hydrogen-bond acceptors (Lipinski definition) is 3. The van der Waals surface area contributed by atoms with Gasteiger partial charge in [-0.05, 0) is 44.0 Å². The van der Waals surface area contributed by atoms with Crippen molar-refractivity contribution in [3.05, 3.63) is 52.8 Å². The molecule has 0 saturated heterocycles. The summed E-state index contributed by atoms with van der Waals surface area (Å²) < 4.78 is 18.4. The lowest BCUT2D eigenvalue weighted by Gasteiger charge is -2.11. The summed E-state index contributed by atoms with van der Waals surface area (Å²) in [4.78, 5) is 7.33. The van der Waals surface area contributed by atoms with Gasteiger partial charge < -0.3 is 20.1 Å². The van der Waals surface area contributed by atoms with Gasteiger partial charge in [0.25, 0.3) is 0 Å². The van der Waals surface area contributed by atoms with Gasteiger partial charge >= 0.3 is 0 Å². The predicted molar refractivity (Wildman–Crippen MR) is 96.1 cm³/mol. The van der Waals surface area contributed by atoms with E-state index in [1.165, 1.54) is 12.1 Å². The topological polar surface area (TPSA) is 78.2 Å². The van der Waals surface area contributed by atoms with E-state index in [1.807, 2.05) is 20.0 Å². The van der Waals surface area contributed by atoms with Crippen molar-refractivity contribution < 1.29 is 8.91 Å². The van der Waals surface area contributed by atoms with Crippen LogP contribution >= 0.6 is 0 Å². The number of aromatic nitrogens is 2. The number of fused-ring (bicyclic) bond motifs is 1. The highest BCUT2D eigenvalue weighted by Gasteiger charge is 2.09. The molecular formula is C18H22FN5O. The van der Waals surface area contributed by atoms with Gasteiger partial charge in [-0.25, -0.2) is 4.39 Å². The van der Waals surface area contributed by atoms with Crippen molar-refractivity contribution in [1.82, 2.24) is 20.8 Å². The van der Waals surface area contributed by atoms with Crippen molar-refractivity contribution in [2.45, 2.75) is 26.8 Å². The van der Waals surface area contributed by atoms with E-state index >= 15 is 0 Å². The van der Waals surface area contributed by atoms with Gasteiger partial charge in [0.15, 0.2) is 5.96 Å². The normalized spacial score (nSPS) is 11.9. The molecule has 3 aromatic rings. The summed E-state index contributed by atoms with van der Waals surface area (Å²) in [6, 6.07) is 4.80. The lowest BCUT2D eigenvalue weighted by molar-refractivity contribution is 0.392. The third-order valence-electron chi connectivity index (χ3n) is 4.25. The highest BCUT2D eigenvalue weighted by atomic mass is 19.1. The van der Waals surface area contributed by atoms with Crippen LogP contribution in [-0.4, -0.2) is 29.7 Å². The molecule has 0 aliphatic carbocycles. The first kappa shape index (κ1) is 17.0. The largest absolute Gasteiger partial charge is 0.361 e. The zero-order chi connectivity index (χ0) is 17.8. The maximum absolute atomic E-state index is 13.2. The van der Waals surface area contributed by atoms with Gasteiger partial charge in [0.1, 0.15) is 11.6 Å². The molecule has 0 saturated carbocycles. The minimum absolute atomic E-state index is 0.233. The molecule has 0 aliphatic heterocycles. The standard InChI is InChI=1S/C18H22FN5O/c1-11-16(12(2)25-24-11)10-23-18(20-3)21-7-6-13-9-22-17-8-14(19)4-5-15(13)17/h4-5,8-9,22H,6-7,10H2,1-3H3,(H2,20,21,23). The predicted octanol–water partition coefficient (Wildman–Crippen LogP) is 2.82. The highest BCUT2D eigenvalue weighted by Crippen LogP contribution is 2.19. The summed E-state index contributed by atoms with van der Waals surface area (Å²) in [6.07, 6.45) is 2.73. The fraction of sp³-hybridized carbons (Fsp3) is 0.333. The van der Waals surface area contributed by atoms with E-state index in [0.717, 1.165) is 39.9 Å². The number of nitrogens with zero attached hydrogens (tertiary/aromatic N) is 2. The van der Waals surface area contributed by atoms with Gasteiger partial charge in [-0.3, -0.25) is 4.99 Å². The molecule has 1 aromatic carbocycles. The molecule has 0 radical (unpaired) electrons. The van der Waals surface area contributed by atoms with Crippen LogP contribution < -0.4 is 10.6 Å². The lowest BCUT2D eigenvalue weighted by atomic mass is 10.1. The van der Waals surface area contributed by atoms with Gasteiger partial charge in [-0.2, -0.15) is 0 Å². The molecule has 2 heterocycles. The van der Waals surface area contributed by atoms with Crippen molar-refractivity contribution in [2.24, 2.45) is 4.99 Å². The number of halogens is 1. The van der Waals surface area contributed by atoms with Gasteiger partial charge in [-0.1, -0.05) is 5.16 Å². The molecule has 6 nitrogen and oxygen atoms in total. The molecular weight excluding hydrogens is 321 g/mol. The summed E-state index contributed by atoms with van der Waals surface area (Å²) in [7, 11) is 1.73. The number of aromatic amines is 1. The van der Waals surface area contributed by atoms with Crippen LogP contribution in [0.2, 0.25) is 0 Å². The number of rotatable bonds is 5. The first-order valence-electron chi connectivity index (χ1n) is 8.20. The average Bonchev–Trinajstić information content (AvgIpc) is 3.14. The molecule has 0 amide bonds. The molecule has 25 heavy (non-hydrogen) atoms. The van der Waals surface area contributed by atoms with Gasteiger partial charge in [-0.15, -0.1) is 0 Å². The van der Waals surface area contributed by atoms with E-state index in [2.05, 4.69) is 25.8 Å². The fourth-order valence-electron chi connectivity index (χ4n) is 2.83. The van der Waals surface area contributed by atoms with E-state index < -0.39 is 0 Å². The molecule has 0 unspecified atom stereocenters. The first-order valence-corrected chi connectivity index (χ1v) is 8.20. The molecule has 3 N–H and O–H groups in total. The highest BCUT2D eigenvalue weighted by molar-refractivity contribution is 5.83. The van der Waals surface area contributed by atoms with Crippen LogP contribution in [0.3, 0.4) is 0 Å². The lowest BCUT2D eigenvalue weighted by Crippen LogP contribution is -2.38. The Morgan fingerprint density at radius 1 is 1.32 bits per heavy atom. The molecule has 0 spiro atoms. The van der Waals surface area contributed by atoms with Crippen LogP contribution in [0.1, 0.15) is 22.6 Å². The number of hydrogen-bond donors (Lipinski definition) is 3. The molecule has 2 aromatic heterocycles. The van der Waals surface area contributed by atoms with Crippen molar-refractivity contribution >= 4 is 16.9 Å². The van der Waals surface area contributed by atoms with Crippen molar-refractivity contribution in [3.63, 3.8) is 0 Å². The Hall–Kier alpha value is -2.83. The van der Waals surface area contributed by atoms with Gasteiger partial charge in [0.05, 0.1) is 5.69 Å². The van der Waals surface area contributed by atoms with Crippen molar-refractivity contribution in [1.29, 1.82) is 0 Å². The summed E-state index contributed by atoms with van der Waals surface area (Å²) in [5, 5.41) is 11.5.